The average Bonchev–Trinajstić information content (AvgIpc) is 2.18. The van der Waals surface area contributed by atoms with Gasteiger partial charge in [0.1, 0.15) is 5.75 Å². The molecular weight excluding hydrogens is 208 g/mol. The standard InChI is InChI=1S/C16H26O/c1-12(2)7-6-8-13-11-14(16(3,4)5)9-10-15(13)17/h9-12,17H,6-8H2,1-5H3. The molecule has 1 heteroatoms. The first-order valence-corrected chi connectivity index (χ1v) is 6.63. The Hall–Kier alpha value is -0.980. The van der Waals surface area contributed by atoms with Gasteiger partial charge in [0.05, 0.1) is 0 Å². The Bertz CT molecular complexity index is 358. The second-order valence-corrected chi connectivity index (χ2v) is 6.38. The molecule has 0 atom stereocenters. The molecule has 0 amide bonds. The normalized spacial score (nSPS) is 12.1. The molecule has 1 rings (SSSR count). The third kappa shape index (κ3) is 4.41. The van der Waals surface area contributed by atoms with Crippen LogP contribution < -0.4 is 0 Å². The number of phenols is 1. The van der Waals surface area contributed by atoms with Gasteiger partial charge in [-0.25, -0.2) is 0 Å². The van der Waals surface area contributed by atoms with Gasteiger partial charge < -0.3 is 5.11 Å². The summed E-state index contributed by atoms with van der Waals surface area (Å²) in [6, 6.07) is 6.03. The maximum atomic E-state index is 9.87. The predicted molar refractivity (Wildman–Crippen MR) is 74.6 cm³/mol. The Kier molecular flexibility index (Phi) is 4.62. The highest BCUT2D eigenvalue weighted by Crippen LogP contribution is 2.28. The van der Waals surface area contributed by atoms with Crippen molar-refractivity contribution < 1.29 is 5.11 Å². The van der Waals surface area contributed by atoms with Gasteiger partial charge in [0.25, 0.3) is 0 Å². The summed E-state index contributed by atoms with van der Waals surface area (Å²) < 4.78 is 0. The lowest BCUT2D eigenvalue weighted by Crippen LogP contribution is -2.11. The van der Waals surface area contributed by atoms with Crippen molar-refractivity contribution in [1.29, 1.82) is 0 Å². The van der Waals surface area contributed by atoms with Crippen LogP contribution >= 0.6 is 0 Å². The summed E-state index contributed by atoms with van der Waals surface area (Å²) in [6.45, 7) is 11.1. The molecule has 0 heterocycles. The molecule has 0 aromatic heterocycles. The van der Waals surface area contributed by atoms with Gasteiger partial charge in [-0.15, -0.1) is 0 Å². The van der Waals surface area contributed by atoms with E-state index in [1.54, 1.807) is 0 Å². The molecule has 0 spiro atoms. The Morgan fingerprint density at radius 2 is 1.82 bits per heavy atom. The summed E-state index contributed by atoms with van der Waals surface area (Å²) in [5, 5.41) is 9.87. The molecule has 0 aliphatic carbocycles. The summed E-state index contributed by atoms with van der Waals surface area (Å²) in [7, 11) is 0. The SMILES string of the molecule is CC(C)CCCc1cc(C(C)(C)C)ccc1O. The molecule has 0 fully saturated rings. The van der Waals surface area contributed by atoms with Gasteiger partial charge in [-0.3, -0.25) is 0 Å². The minimum atomic E-state index is 0.153. The van der Waals surface area contributed by atoms with Crippen LogP contribution in [0, 0.1) is 5.92 Å². The molecule has 1 aromatic rings. The highest BCUT2D eigenvalue weighted by atomic mass is 16.3. The van der Waals surface area contributed by atoms with Crippen molar-refractivity contribution in [2.45, 2.75) is 59.3 Å². The van der Waals surface area contributed by atoms with Crippen molar-refractivity contribution in [1.82, 2.24) is 0 Å². The van der Waals surface area contributed by atoms with E-state index in [-0.39, 0.29) is 5.41 Å². The van der Waals surface area contributed by atoms with Crippen molar-refractivity contribution in [2.75, 3.05) is 0 Å². The molecule has 0 aliphatic rings. The van der Waals surface area contributed by atoms with E-state index in [9.17, 15) is 5.11 Å². The fourth-order valence-electron chi connectivity index (χ4n) is 1.95. The average molecular weight is 234 g/mol. The second kappa shape index (κ2) is 5.57. The number of rotatable bonds is 4. The molecule has 1 aromatic carbocycles. The van der Waals surface area contributed by atoms with E-state index in [1.165, 1.54) is 12.0 Å². The van der Waals surface area contributed by atoms with Crippen LogP contribution in [0.3, 0.4) is 0 Å². The molecule has 0 radical (unpaired) electrons. The number of aryl methyl sites for hydroxylation is 1. The molecule has 0 unspecified atom stereocenters. The molecular formula is C16H26O. The van der Waals surface area contributed by atoms with Crippen LogP contribution in [0.2, 0.25) is 0 Å². The van der Waals surface area contributed by atoms with Crippen LogP contribution in [-0.4, -0.2) is 5.11 Å². The fraction of sp³-hybridized carbons (Fsp3) is 0.625. The van der Waals surface area contributed by atoms with Crippen molar-refractivity contribution >= 4 is 0 Å². The van der Waals surface area contributed by atoms with Gasteiger partial charge in [-0.1, -0.05) is 53.2 Å². The van der Waals surface area contributed by atoms with E-state index in [0.717, 1.165) is 24.3 Å². The Balaban J connectivity index is 2.77. The van der Waals surface area contributed by atoms with Crippen LogP contribution in [0.4, 0.5) is 0 Å². The largest absolute Gasteiger partial charge is 0.508 e. The van der Waals surface area contributed by atoms with Crippen molar-refractivity contribution in [3.8, 4) is 5.75 Å². The number of benzene rings is 1. The fourth-order valence-corrected chi connectivity index (χ4v) is 1.95. The molecule has 1 N–H and O–H groups in total. The van der Waals surface area contributed by atoms with Gasteiger partial charge in [0, 0.05) is 0 Å². The van der Waals surface area contributed by atoms with Crippen LogP contribution in [0.25, 0.3) is 0 Å². The smallest absolute Gasteiger partial charge is 0.118 e. The summed E-state index contributed by atoms with van der Waals surface area (Å²) in [5.74, 6) is 1.18. The molecule has 0 aliphatic heterocycles. The lowest BCUT2D eigenvalue weighted by Gasteiger charge is -2.20. The van der Waals surface area contributed by atoms with Gasteiger partial charge in [-0.2, -0.15) is 0 Å². The molecule has 0 saturated heterocycles. The van der Waals surface area contributed by atoms with Crippen LogP contribution in [0.5, 0.6) is 5.75 Å². The van der Waals surface area contributed by atoms with Crippen LogP contribution in [0.1, 0.15) is 58.6 Å². The predicted octanol–water partition coefficient (Wildman–Crippen LogP) is 4.67. The van der Waals surface area contributed by atoms with Gasteiger partial charge >= 0.3 is 0 Å². The van der Waals surface area contributed by atoms with E-state index in [2.05, 4.69) is 40.7 Å². The van der Waals surface area contributed by atoms with Crippen LogP contribution in [0.15, 0.2) is 18.2 Å². The highest BCUT2D eigenvalue weighted by Gasteiger charge is 2.15. The Morgan fingerprint density at radius 1 is 1.18 bits per heavy atom. The maximum absolute atomic E-state index is 9.87. The first-order chi connectivity index (χ1) is 7.80. The minimum absolute atomic E-state index is 0.153. The lowest BCUT2D eigenvalue weighted by molar-refractivity contribution is 0.462. The third-order valence-electron chi connectivity index (χ3n) is 3.17. The first kappa shape index (κ1) is 14.1. The molecule has 17 heavy (non-hydrogen) atoms. The zero-order chi connectivity index (χ0) is 13.1. The van der Waals surface area contributed by atoms with E-state index >= 15 is 0 Å². The van der Waals surface area contributed by atoms with Crippen molar-refractivity contribution in [3.63, 3.8) is 0 Å². The van der Waals surface area contributed by atoms with Gasteiger partial charge in [0.2, 0.25) is 0 Å². The quantitative estimate of drug-likeness (QED) is 0.802. The summed E-state index contributed by atoms with van der Waals surface area (Å²) in [5.41, 5.74) is 2.55. The van der Waals surface area contributed by atoms with Gasteiger partial charge in [-0.05, 0) is 41.4 Å². The number of hydrogen-bond donors (Lipinski definition) is 1. The van der Waals surface area contributed by atoms with E-state index in [0.29, 0.717) is 5.75 Å². The zero-order valence-corrected chi connectivity index (χ0v) is 11.9. The third-order valence-corrected chi connectivity index (χ3v) is 3.17. The Labute approximate surface area is 106 Å². The molecule has 1 nitrogen and oxygen atoms in total. The minimum Gasteiger partial charge on any atom is -0.508 e. The molecule has 0 saturated carbocycles. The lowest BCUT2D eigenvalue weighted by atomic mass is 9.85. The molecule has 96 valence electrons. The summed E-state index contributed by atoms with van der Waals surface area (Å²) in [6.07, 6.45) is 3.35. The van der Waals surface area contributed by atoms with E-state index in [1.807, 2.05) is 12.1 Å². The number of aromatic hydroxyl groups is 1. The highest BCUT2D eigenvalue weighted by molar-refractivity contribution is 5.38. The molecule has 0 bridgehead atoms. The second-order valence-electron chi connectivity index (χ2n) is 6.38. The van der Waals surface area contributed by atoms with E-state index in [4.69, 9.17) is 0 Å². The van der Waals surface area contributed by atoms with E-state index < -0.39 is 0 Å². The van der Waals surface area contributed by atoms with Gasteiger partial charge in [0.15, 0.2) is 0 Å². The maximum Gasteiger partial charge on any atom is 0.118 e. The first-order valence-electron chi connectivity index (χ1n) is 6.63. The Morgan fingerprint density at radius 3 is 2.35 bits per heavy atom. The zero-order valence-electron chi connectivity index (χ0n) is 11.9. The van der Waals surface area contributed by atoms with Crippen molar-refractivity contribution in [2.24, 2.45) is 5.92 Å². The van der Waals surface area contributed by atoms with Crippen LogP contribution in [-0.2, 0) is 11.8 Å². The number of phenolic OH excluding ortho intramolecular Hbond substituents is 1. The summed E-state index contributed by atoms with van der Waals surface area (Å²) >= 11 is 0. The number of hydrogen-bond acceptors (Lipinski definition) is 1. The topological polar surface area (TPSA) is 20.2 Å². The van der Waals surface area contributed by atoms with Crippen molar-refractivity contribution in [3.05, 3.63) is 29.3 Å². The monoisotopic (exact) mass is 234 g/mol. The summed E-state index contributed by atoms with van der Waals surface area (Å²) in [4.78, 5) is 0.